The van der Waals surface area contributed by atoms with E-state index in [4.69, 9.17) is 0 Å². The standard InChI is InChI=1S/C16H25NO3SSi/c1-15(2)12-6-8-16(15)11-21(19,20)17(13(16)10-12)14(18)7-9-22(3,4)5/h12-13H,6,8,10-11H2,1-5H3. The van der Waals surface area contributed by atoms with Crippen LogP contribution in [0.4, 0.5) is 0 Å². The van der Waals surface area contributed by atoms with Crippen molar-refractivity contribution >= 4 is 24.0 Å². The molecule has 1 aliphatic heterocycles. The van der Waals surface area contributed by atoms with Crippen LogP contribution in [0.25, 0.3) is 0 Å². The predicted octanol–water partition coefficient (Wildman–Crippen LogP) is 2.23. The first-order chi connectivity index (χ1) is 9.91. The Balaban J connectivity index is 2.00. The quantitative estimate of drug-likeness (QED) is 0.502. The maximum absolute atomic E-state index is 12.7. The lowest BCUT2D eigenvalue weighted by Gasteiger charge is -2.36. The van der Waals surface area contributed by atoms with E-state index in [9.17, 15) is 13.2 Å². The summed E-state index contributed by atoms with van der Waals surface area (Å²) in [6, 6.07) is -0.172. The largest absolute Gasteiger partial charge is 0.311 e. The van der Waals surface area contributed by atoms with Gasteiger partial charge in [0.1, 0.15) is 8.07 Å². The highest BCUT2D eigenvalue weighted by atomic mass is 32.2. The Hall–Kier alpha value is -0.803. The molecule has 6 heteroatoms. The van der Waals surface area contributed by atoms with Crippen LogP contribution in [0.2, 0.25) is 19.6 Å². The van der Waals surface area contributed by atoms with Crippen molar-refractivity contribution < 1.29 is 13.2 Å². The maximum atomic E-state index is 12.7. The van der Waals surface area contributed by atoms with Crippen molar-refractivity contribution in [2.24, 2.45) is 16.7 Å². The molecule has 0 aromatic carbocycles. The average molecular weight is 340 g/mol. The molecule has 1 heterocycles. The Bertz CT molecular complexity index is 695. The number of sulfonamides is 1. The fraction of sp³-hybridized carbons (Fsp3) is 0.812. The molecule has 3 aliphatic rings. The van der Waals surface area contributed by atoms with Crippen LogP contribution in [0.15, 0.2) is 0 Å². The molecule has 4 nitrogen and oxygen atoms in total. The number of hydrogen-bond acceptors (Lipinski definition) is 3. The van der Waals surface area contributed by atoms with E-state index in [1.54, 1.807) is 0 Å². The predicted molar refractivity (Wildman–Crippen MR) is 89.1 cm³/mol. The van der Waals surface area contributed by atoms with E-state index in [-0.39, 0.29) is 22.6 Å². The van der Waals surface area contributed by atoms with Crippen LogP contribution in [0, 0.1) is 28.2 Å². The van der Waals surface area contributed by atoms with E-state index >= 15 is 0 Å². The summed E-state index contributed by atoms with van der Waals surface area (Å²) in [7, 11) is -5.23. The summed E-state index contributed by atoms with van der Waals surface area (Å²) in [6.07, 6.45) is 2.81. The molecule has 3 unspecified atom stereocenters. The van der Waals surface area contributed by atoms with E-state index in [0.29, 0.717) is 5.92 Å². The first-order valence-electron chi connectivity index (χ1n) is 8.00. The van der Waals surface area contributed by atoms with Gasteiger partial charge in [0, 0.05) is 5.41 Å². The second-order valence-electron chi connectivity index (χ2n) is 8.72. The van der Waals surface area contributed by atoms with Gasteiger partial charge in [-0.3, -0.25) is 4.79 Å². The van der Waals surface area contributed by atoms with Gasteiger partial charge in [0.05, 0.1) is 11.8 Å². The van der Waals surface area contributed by atoms with Gasteiger partial charge in [-0.05, 0) is 36.5 Å². The monoisotopic (exact) mass is 339 g/mol. The molecule has 1 amide bonds. The van der Waals surface area contributed by atoms with Crippen molar-refractivity contribution in [2.45, 2.75) is 58.8 Å². The molecule has 3 fully saturated rings. The lowest BCUT2D eigenvalue weighted by atomic mass is 9.69. The minimum absolute atomic E-state index is 0.00796. The molecular formula is C16H25NO3SSi. The molecule has 22 heavy (non-hydrogen) atoms. The Morgan fingerprint density at radius 1 is 1.27 bits per heavy atom. The van der Waals surface area contributed by atoms with Gasteiger partial charge in [-0.15, -0.1) is 5.54 Å². The zero-order valence-electron chi connectivity index (χ0n) is 14.1. The molecule has 2 bridgehead atoms. The zero-order valence-corrected chi connectivity index (χ0v) is 15.9. The van der Waals surface area contributed by atoms with Crippen molar-refractivity contribution in [2.75, 3.05) is 5.75 Å². The van der Waals surface area contributed by atoms with E-state index in [0.717, 1.165) is 23.6 Å². The lowest BCUT2D eigenvalue weighted by molar-refractivity contribution is -0.123. The third kappa shape index (κ3) is 2.01. The number of rotatable bonds is 0. The number of amides is 1. The van der Waals surface area contributed by atoms with Crippen LogP contribution in [-0.4, -0.2) is 38.5 Å². The molecule has 0 aromatic heterocycles. The molecule has 122 valence electrons. The first-order valence-corrected chi connectivity index (χ1v) is 13.1. The van der Waals surface area contributed by atoms with Gasteiger partial charge in [0.2, 0.25) is 10.0 Å². The van der Waals surface area contributed by atoms with Crippen LogP contribution in [-0.2, 0) is 14.8 Å². The molecular weight excluding hydrogens is 314 g/mol. The van der Waals surface area contributed by atoms with Gasteiger partial charge in [0.15, 0.2) is 0 Å². The van der Waals surface area contributed by atoms with Crippen molar-refractivity contribution in [3.63, 3.8) is 0 Å². The molecule has 2 saturated carbocycles. The summed E-state index contributed by atoms with van der Waals surface area (Å²) in [5, 5.41) is 0. The summed E-state index contributed by atoms with van der Waals surface area (Å²) in [4.78, 5) is 12.5. The first kappa shape index (κ1) is 16.1. The summed E-state index contributed by atoms with van der Waals surface area (Å²) in [6.45, 7) is 10.5. The second-order valence-corrected chi connectivity index (χ2v) is 15.3. The fourth-order valence-electron chi connectivity index (χ4n) is 4.85. The zero-order chi connectivity index (χ0) is 16.6. The SMILES string of the molecule is CC1(C)C2CCC13CS(=O)(=O)N(C(=O)C#C[Si](C)(C)C)C3C2. The molecule has 0 radical (unpaired) electrons. The highest BCUT2D eigenvalue weighted by Gasteiger charge is 2.72. The Morgan fingerprint density at radius 2 is 1.91 bits per heavy atom. The Kier molecular flexibility index (Phi) is 3.20. The van der Waals surface area contributed by atoms with Gasteiger partial charge in [-0.2, -0.15) is 0 Å². The van der Waals surface area contributed by atoms with Crippen molar-refractivity contribution in [3.05, 3.63) is 0 Å². The lowest BCUT2D eigenvalue weighted by Crippen LogP contribution is -2.43. The number of carbonyl (C=O) groups is 1. The topological polar surface area (TPSA) is 54.5 Å². The number of hydrogen-bond donors (Lipinski definition) is 0. The Morgan fingerprint density at radius 3 is 2.45 bits per heavy atom. The summed E-state index contributed by atoms with van der Waals surface area (Å²) < 4.78 is 26.5. The molecule has 0 aromatic rings. The highest BCUT2D eigenvalue weighted by Crippen LogP contribution is 2.69. The van der Waals surface area contributed by atoms with Crippen LogP contribution < -0.4 is 0 Å². The third-order valence-corrected chi connectivity index (χ3v) is 8.93. The maximum Gasteiger partial charge on any atom is 0.311 e. The van der Waals surface area contributed by atoms with Gasteiger partial charge in [0.25, 0.3) is 0 Å². The molecule has 1 saturated heterocycles. The summed E-state index contributed by atoms with van der Waals surface area (Å²) >= 11 is 0. The van der Waals surface area contributed by atoms with Gasteiger partial charge >= 0.3 is 5.91 Å². The highest BCUT2D eigenvalue weighted by molar-refractivity contribution is 7.90. The van der Waals surface area contributed by atoms with Crippen molar-refractivity contribution in [1.29, 1.82) is 0 Å². The van der Waals surface area contributed by atoms with E-state index in [1.807, 2.05) is 19.6 Å². The summed E-state index contributed by atoms with van der Waals surface area (Å²) in [5.74, 6) is 2.77. The second kappa shape index (κ2) is 4.39. The molecule has 2 aliphatic carbocycles. The van der Waals surface area contributed by atoms with Crippen molar-refractivity contribution in [1.82, 2.24) is 4.31 Å². The summed E-state index contributed by atoms with van der Waals surface area (Å²) in [5.41, 5.74) is 2.75. The van der Waals surface area contributed by atoms with Gasteiger partial charge in [-0.25, -0.2) is 12.7 Å². The molecule has 0 N–H and O–H groups in total. The van der Waals surface area contributed by atoms with Crippen LogP contribution >= 0.6 is 0 Å². The van der Waals surface area contributed by atoms with E-state index in [2.05, 4.69) is 25.3 Å². The minimum atomic E-state index is -3.53. The van der Waals surface area contributed by atoms with Crippen LogP contribution in [0.1, 0.15) is 33.1 Å². The van der Waals surface area contributed by atoms with E-state index in [1.165, 1.54) is 0 Å². The van der Waals surface area contributed by atoms with E-state index < -0.39 is 24.0 Å². The average Bonchev–Trinajstić information content (AvgIpc) is 2.81. The Labute approximate surface area is 134 Å². The normalized spacial score (nSPS) is 37.6. The van der Waals surface area contributed by atoms with Crippen molar-refractivity contribution in [3.8, 4) is 11.5 Å². The minimum Gasteiger partial charge on any atom is -0.258 e. The smallest absolute Gasteiger partial charge is 0.258 e. The van der Waals surface area contributed by atoms with Crippen LogP contribution in [0.5, 0.6) is 0 Å². The van der Waals surface area contributed by atoms with Gasteiger partial charge < -0.3 is 0 Å². The number of nitrogens with zero attached hydrogens (tertiary/aromatic N) is 1. The molecule has 3 atom stereocenters. The third-order valence-electron chi connectivity index (χ3n) is 6.16. The molecule has 1 spiro atoms. The number of carbonyl (C=O) groups excluding carboxylic acids is 1. The van der Waals surface area contributed by atoms with Gasteiger partial charge in [-0.1, -0.05) is 33.5 Å². The fourth-order valence-corrected chi connectivity index (χ4v) is 7.81. The number of fused-ring (bicyclic) bond motifs is 1. The van der Waals surface area contributed by atoms with Crippen LogP contribution in [0.3, 0.4) is 0 Å². The molecule has 3 rings (SSSR count).